The molecule has 0 spiro atoms. The molecule has 2 aliphatic rings. The molecule has 33 heavy (non-hydrogen) atoms. The predicted molar refractivity (Wildman–Crippen MR) is 143 cm³/mol. The monoisotopic (exact) mass is 572 g/mol. The second-order valence-electron chi connectivity index (χ2n) is 9.95. The number of aliphatic imine (C=N–C) groups is 1. The van der Waals surface area contributed by atoms with Crippen molar-refractivity contribution in [2.45, 2.75) is 71.2 Å². The van der Waals surface area contributed by atoms with Crippen molar-refractivity contribution in [3.05, 3.63) is 35.4 Å². The number of hydrogen-bond donors (Lipinski definition) is 1. The van der Waals surface area contributed by atoms with Gasteiger partial charge in [0, 0.05) is 46.4 Å². The lowest BCUT2D eigenvalue weighted by Gasteiger charge is -2.40. The van der Waals surface area contributed by atoms with E-state index in [1.54, 1.807) is 7.11 Å². The van der Waals surface area contributed by atoms with Gasteiger partial charge in [-0.05, 0) is 63.5 Å². The maximum absolute atomic E-state index is 12.9. The summed E-state index contributed by atoms with van der Waals surface area (Å²) in [5.74, 6) is 1.55. The highest BCUT2D eigenvalue weighted by Gasteiger charge is 2.35. The Morgan fingerprint density at radius 1 is 1.18 bits per heavy atom. The van der Waals surface area contributed by atoms with Crippen molar-refractivity contribution in [3.63, 3.8) is 0 Å². The molecule has 186 valence electrons. The summed E-state index contributed by atoms with van der Waals surface area (Å²) in [5.41, 5.74) is 1.91. The number of hydrogen-bond acceptors (Lipinski definition) is 4. The number of methoxy groups -OCH3 is 1. The van der Waals surface area contributed by atoms with Crippen LogP contribution in [0.25, 0.3) is 0 Å². The summed E-state index contributed by atoms with van der Waals surface area (Å²) >= 11 is 0. The third kappa shape index (κ3) is 8.96. The third-order valence-electron chi connectivity index (χ3n) is 5.95. The Morgan fingerprint density at radius 3 is 2.42 bits per heavy atom. The van der Waals surface area contributed by atoms with Gasteiger partial charge in [-0.3, -0.25) is 4.99 Å². The van der Waals surface area contributed by atoms with Crippen LogP contribution in [0.5, 0.6) is 0 Å². The third-order valence-corrected chi connectivity index (χ3v) is 5.95. The number of nitrogens with one attached hydrogen (secondary N) is 1. The molecule has 0 atom stereocenters. The molecule has 3 rings (SSSR count). The van der Waals surface area contributed by atoms with E-state index >= 15 is 0 Å². The van der Waals surface area contributed by atoms with Gasteiger partial charge in [0.15, 0.2) is 5.96 Å². The van der Waals surface area contributed by atoms with Crippen LogP contribution in [-0.4, -0.2) is 67.3 Å². The first-order valence-electron chi connectivity index (χ1n) is 11.8. The van der Waals surface area contributed by atoms with E-state index in [4.69, 9.17) is 9.47 Å². The van der Waals surface area contributed by atoms with E-state index in [0.29, 0.717) is 12.5 Å². The van der Waals surface area contributed by atoms with Crippen LogP contribution in [0.1, 0.15) is 57.6 Å². The zero-order valence-corrected chi connectivity index (χ0v) is 23.1. The Bertz CT molecular complexity index is 784. The van der Waals surface area contributed by atoms with Crippen LogP contribution >= 0.6 is 24.0 Å². The number of benzene rings is 1. The summed E-state index contributed by atoms with van der Waals surface area (Å²) in [6, 6.07) is 8.63. The lowest BCUT2D eigenvalue weighted by molar-refractivity contribution is 0.00928. The zero-order chi connectivity index (χ0) is 23.1. The van der Waals surface area contributed by atoms with E-state index in [0.717, 1.165) is 45.0 Å². The Labute approximate surface area is 216 Å². The highest BCUT2D eigenvalue weighted by atomic mass is 127. The molecule has 1 N–H and O–H groups in total. The maximum Gasteiger partial charge on any atom is 0.410 e. The number of ether oxygens (including phenoxy) is 2. The van der Waals surface area contributed by atoms with Crippen molar-refractivity contribution in [1.82, 2.24) is 15.1 Å². The van der Waals surface area contributed by atoms with Gasteiger partial charge in [-0.1, -0.05) is 24.3 Å². The second-order valence-corrected chi connectivity index (χ2v) is 9.95. The van der Waals surface area contributed by atoms with Gasteiger partial charge < -0.3 is 24.6 Å². The number of carbonyl (C=O) groups excluding carboxylic acids is 1. The number of rotatable bonds is 7. The average molecular weight is 573 g/mol. The molecular weight excluding hydrogens is 531 g/mol. The molecule has 8 heteroatoms. The quantitative estimate of drug-likeness (QED) is 0.293. The molecule has 0 unspecified atom stereocenters. The fourth-order valence-corrected chi connectivity index (χ4v) is 4.17. The molecule has 2 fully saturated rings. The molecule has 1 saturated carbocycles. The van der Waals surface area contributed by atoms with E-state index in [9.17, 15) is 4.79 Å². The minimum Gasteiger partial charge on any atom is -0.444 e. The number of guanidine groups is 1. The normalized spacial score (nSPS) is 17.4. The van der Waals surface area contributed by atoms with Gasteiger partial charge in [0.25, 0.3) is 0 Å². The first kappa shape index (κ1) is 27.7. The van der Waals surface area contributed by atoms with Crippen molar-refractivity contribution in [2.75, 3.05) is 33.8 Å². The van der Waals surface area contributed by atoms with Crippen LogP contribution < -0.4 is 5.32 Å². The number of carbonyl (C=O) groups is 1. The summed E-state index contributed by atoms with van der Waals surface area (Å²) in [4.78, 5) is 21.7. The smallest absolute Gasteiger partial charge is 0.410 e. The van der Waals surface area contributed by atoms with Gasteiger partial charge in [0.1, 0.15) is 5.60 Å². The van der Waals surface area contributed by atoms with E-state index in [1.165, 1.54) is 24.0 Å². The van der Waals surface area contributed by atoms with Gasteiger partial charge in [-0.2, -0.15) is 0 Å². The molecule has 0 aromatic heterocycles. The molecule has 1 aromatic rings. The summed E-state index contributed by atoms with van der Waals surface area (Å²) in [7, 11) is 3.54. The molecule has 1 aliphatic heterocycles. The van der Waals surface area contributed by atoms with Crippen molar-refractivity contribution in [2.24, 2.45) is 10.9 Å². The fraction of sp³-hybridized carbons (Fsp3) is 0.680. The molecule has 1 saturated heterocycles. The lowest BCUT2D eigenvalue weighted by Crippen LogP contribution is -2.52. The number of likely N-dealkylation sites (tertiary alicyclic amines) is 1. The molecule has 0 bridgehead atoms. The largest absolute Gasteiger partial charge is 0.444 e. The number of piperidine rings is 1. The van der Waals surface area contributed by atoms with E-state index < -0.39 is 5.60 Å². The zero-order valence-electron chi connectivity index (χ0n) is 20.8. The summed E-state index contributed by atoms with van der Waals surface area (Å²) < 4.78 is 11.0. The average Bonchev–Trinajstić information content (AvgIpc) is 3.57. The van der Waals surface area contributed by atoms with Gasteiger partial charge in [0.2, 0.25) is 0 Å². The summed E-state index contributed by atoms with van der Waals surface area (Å²) in [6.07, 6.45) is 4.13. The molecule has 1 amide bonds. The maximum atomic E-state index is 12.9. The Hall–Kier alpha value is -1.55. The lowest BCUT2D eigenvalue weighted by atomic mass is 10.0. The second kappa shape index (κ2) is 12.8. The van der Waals surface area contributed by atoms with Crippen LogP contribution in [0.3, 0.4) is 0 Å². The molecule has 7 nitrogen and oxygen atoms in total. The highest BCUT2D eigenvalue weighted by molar-refractivity contribution is 14.0. The van der Waals surface area contributed by atoms with Gasteiger partial charge >= 0.3 is 6.09 Å². The van der Waals surface area contributed by atoms with Crippen LogP contribution in [0.4, 0.5) is 4.79 Å². The van der Waals surface area contributed by atoms with Crippen molar-refractivity contribution < 1.29 is 14.3 Å². The Kier molecular flexibility index (Phi) is 10.7. The summed E-state index contributed by atoms with van der Waals surface area (Å²) in [6.45, 7) is 9.71. The van der Waals surface area contributed by atoms with Crippen LogP contribution in [0, 0.1) is 5.92 Å². The van der Waals surface area contributed by atoms with Crippen molar-refractivity contribution in [3.8, 4) is 0 Å². The molecule has 1 aromatic carbocycles. The SMILES string of the molecule is CN=C(NCc1cccc(COC)c1)N1CCC(N(CC2CC2)C(=O)OC(C)(C)C)CC1.I. The Balaban J connectivity index is 0.00000385. The van der Waals surface area contributed by atoms with Crippen LogP contribution in [0.2, 0.25) is 0 Å². The molecule has 0 radical (unpaired) electrons. The number of halogens is 1. The summed E-state index contributed by atoms with van der Waals surface area (Å²) in [5, 5.41) is 3.49. The predicted octanol–water partition coefficient (Wildman–Crippen LogP) is 4.64. The topological polar surface area (TPSA) is 66.4 Å². The minimum atomic E-state index is -0.466. The van der Waals surface area contributed by atoms with Crippen LogP contribution in [-0.2, 0) is 22.6 Å². The molecule has 1 aliphatic carbocycles. The van der Waals surface area contributed by atoms with Gasteiger partial charge in [0.05, 0.1) is 6.61 Å². The molecular formula is C25H41IN4O3. The molecule has 1 heterocycles. The van der Waals surface area contributed by atoms with Crippen molar-refractivity contribution in [1.29, 1.82) is 0 Å². The first-order valence-corrected chi connectivity index (χ1v) is 11.8. The van der Waals surface area contributed by atoms with E-state index in [1.807, 2.05) is 32.7 Å². The van der Waals surface area contributed by atoms with E-state index in [2.05, 4.69) is 39.5 Å². The first-order chi connectivity index (χ1) is 15.3. The van der Waals surface area contributed by atoms with Crippen molar-refractivity contribution >= 4 is 36.0 Å². The standard InChI is InChI=1S/C25H40N4O3.HI/c1-25(2,3)32-24(30)29(17-19-9-10-19)22-11-13-28(14-12-22)23(26-4)27-16-20-7-6-8-21(15-20)18-31-5;/h6-8,15,19,22H,9-14,16-18H2,1-5H3,(H,26,27);1H. The minimum absolute atomic E-state index is 0. The highest BCUT2D eigenvalue weighted by Crippen LogP contribution is 2.32. The number of nitrogens with zero attached hydrogens (tertiary/aromatic N) is 3. The van der Waals surface area contributed by atoms with Crippen LogP contribution in [0.15, 0.2) is 29.3 Å². The fourth-order valence-electron chi connectivity index (χ4n) is 4.17. The number of amides is 1. The van der Waals surface area contributed by atoms with Gasteiger partial charge in [-0.25, -0.2) is 4.79 Å². The van der Waals surface area contributed by atoms with E-state index in [-0.39, 0.29) is 36.1 Å². The Morgan fingerprint density at radius 2 is 1.85 bits per heavy atom. The van der Waals surface area contributed by atoms with Gasteiger partial charge in [-0.15, -0.1) is 24.0 Å².